The van der Waals surface area contributed by atoms with Crippen LogP contribution in [-0.4, -0.2) is 54.7 Å². The Labute approximate surface area is 201 Å². The molecule has 10 heteroatoms. The fourth-order valence-electron chi connectivity index (χ4n) is 4.45. The summed E-state index contributed by atoms with van der Waals surface area (Å²) in [5, 5.41) is 16.0. The van der Waals surface area contributed by atoms with Gasteiger partial charge in [0.2, 0.25) is 5.91 Å². The number of nitrogens with zero attached hydrogens (tertiary/aromatic N) is 2. The third-order valence-electron chi connectivity index (χ3n) is 6.47. The quantitative estimate of drug-likeness (QED) is 0.546. The zero-order valence-electron chi connectivity index (χ0n) is 18.6. The van der Waals surface area contributed by atoms with Crippen LogP contribution in [0.4, 0.5) is 25.0 Å². The van der Waals surface area contributed by atoms with E-state index in [1.54, 1.807) is 11.0 Å². The Morgan fingerprint density at radius 2 is 1.79 bits per heavy atom. The van der Waals surface area contributed by atoms with Crippen LogP contribution in [0.25, 0.3) is 0 Å². The van der Waals surface area contributed by atoms with Crippen molar-refractivity contribution in [2.45, 2.75) is 19.3 Å². The summed E-state index contributed by atoms with van der Waals surface area (Å²) in [5.74, 6) is -2.04. The van der Waals surface area contributed by atoms with Gasteiger partial charge in [-0.3, -0.25) is 4.79 Å². The highest BCUT2D eigenvalue weighted by atomic mass is 35.5. The van der Waals surface area contributed by atoms with E-state index in [2.05, 4.69) is 10.6 Å². The number of benzene rings is 2. The Bertz CT molecular complexity index is 1060. The summed E-state index contributed by atoms with van der Waals surface area (Å²) in [7, 11) is 0. The fourth-order valence-corrected chi connectivity index (χ4v) is 4.62. The van der Waals surface area contributed by atoms with E-state index in [9.17, 15) is 23.5 Å². The molecule has 182 valence electrons. The minimum atomic E-state index is -0.865. The predicted molar refractivity (Wildman–Crippen MR) is 126 cm³/mol. The highest BCUT2D eigenvalue weighted by Gasteiger charge is 2.29. The zero-order valence-corrected chi connectivity index (χ0v) is 19.3. The van der Waals surface area contributed by atoms with E-state index in [1.165, 1.54) is 24.3 Å². The first-order valence-electron chi connectivity index (χ1n) is 11.3. The SMILES string of the molecule is O=C(Nc1cc(Cl)ccc1O)C1CCN(C(=O)NCC2CCN(c3ccc(F)c(F)c3)C2)CC1. The molecule has 2 heterocycles. The van der Waals surface area contributed by atoms with Gasteiger partial charge in [-0.15, -0.1) is 0 Å². The van der Waals surface area contributed by atoms with Crippen molar-refractivity contribution in [1.29, 1.82) is 0 Å². The number of phenolic OH excluding ortho intramolecular Hbond substituents is 1. The number of anilines is 2. The van der Waals surface area contributed by atoms with Gasteiger partial charge in [-0.05, 0) is 55.5 Å². The van der Waals surface area contributed by atoms with Crippen LogP contribution in [-0.2, 0) is 4.79 Å². The summed E-state index contributed by atoms with van der Waals surface area (Å²) >= 11 is 5.92. The first kappa shape index (κ1) is 24.1. The van der Waals surface area contributed by atoms with Crippen molar-refractivity contribution >= 4 is 34.9 Å². The van der Waals surface area contributed by atoms with Crippen molar-refractivity contribution in [1.82, 2.24) is 10.2 Å². The number of amides is 3. The van der Waals surface area contributed by atoms with E-state index >= 15 is 0 Å². The summed E-state index contributed by atoms with van der Waals surface area (Å²) in [6.45, 7) is 2.78. The number of urea groups is 1. The van der Waals surface area contributed by atoms with Gasteiger partial charge < -0.3 is 25.5 Å². The van der Waals surface area contributed by atoms with E-state index < -0.39 is 11.6 Å². The maximum atomic E-state index is 13.5. The number of likely N-dealkylation sites (tertiary alicyclic amines) is 1. The number of nitrogens with one attached hydrogen (secondary N) is 2. The van der Waals surface area contributed by atoms with Crippen molar-refractivity contribution in [2.24, 2.45) is 11.8 Å². The first-order valence-corrected chi connectivity index (χ1v) is 11.7. The van der Waals surface area contributed by atoms with Crippen molar-refractivity contribution in [3.05, 3.63) is 53.1 Å². The molecule has 0 spiro atoms. The number of carbonyl (C=O) groups is 2. The Morgan fingerprint density at radius 1 is 1.03 bits per heavy atom. The molecule has 0 aliphatic carbocycles. The molecule has 0 aromatic heterocycles. The van der Waals surface area contributed by atoms with Crippen molar-refractivity contribution < 1.29 is 23.5 Å². The molecule has 0 saturated carbocycles. The fraction of sp³-hybridized carbons (Fsp3) is 0.417. The molecule has 2 aliphatic heterocycles. The third-order valence-corrected chi connectivity index (χ3v) is 6.70. The number of rotatable bonds is 5. The molecule has 1 atom stereocenters. The number of hydrogen-bond donors (Lipinski definition) is 3. The third kappa shape index (κ3) is 5.70. The number of phenols is 1. The Morgan fingerprint density at radius 3 is 2.53 bits per heavy atom. The van der Waals surface area contributed by atoms with Crippen LogP contribution in [0.1, 0.15) is 19.3 Å². The maximum absolute atomic E-state index is 13.5. The lowest BCUT2D eigenvalue weighted by Crippen LogP contribution is -2.47. The molecular formula is C24H27ClF2N4O3. The van der Waals surface area contributed by atoms with E-state index in [1.807, 2.05) is 4.90 Å². The Hall–Kier alpha value is -3.07. The Kier molecular flexibility index (Phi) is 7.41. The normalized spacial score (nSPS) is 18.7. The number of halogens is 3. The van der Waals surface area contributed by atoms with Crippen molar-refractivity contribution in [3.63, 3.8) is 0 Å². The number of hydrogen-bond acceptors (Lipinski definition) is 4. The molecule has 2 aliphatic rings. The molecule has 3 N–H and O–H groups in total. The van der Waals surface area contributed by atoms with E-state index in [4.69, 9.17) is 11.6 Å². The molecule has 0 bridgehead atoms. The molecule has 2 aromatic rings. The van der Waals surface area contributed by atoms with Crippen LogP contribution in [0.3, 0.4) is 0 Å². The van der Waals surface area contributed by atoms with Crippen molar-refractivity contribution in [3.8, 4) is 5.75 Å². The van der Waals surface area contributed by atoms with E-state index in [0.717, 1.165) is 12.5 Å². The van der Waals surface area contributed by atoms with Gasteiger partial charge in [0.1, 0.15) is 5.75 Å². The first-order chi connectivity index (χ1) is 16.3. The predicted octanol–water partition coefficient (Wildman–Crippen LogP) is 4.21. The van der Waals surface area contributed by atoms with Gasteiger partial charge in [-0.1, -0.05) is 11.6 Å². The molecule has 34 heavy (non-hydrogen) atoms. The van der Waals surface area contributed by atoms with Crippen LogP contribution in [0.5, 0.6) is 5.75 Å². The Balaban J connectivity index is 1.20. The summed E-state index contributed by atoms with van der Waals surface area (Å²) in [6, 6.07) is 8.17. The molecule has 7 nitrogen and oxygen atoms in total. The van der Waals surface area contributed by atoms with E-state index in [0.29, 0.717) is 56.3 Å². The zero-order chi connectivity index (χ0) is 24.2. The minimum Gasteiger partial charge on any atom is -0.506 e. The van der Waals surface area contributed by atoms with Crippen molar-refractivity contribution in [2.75, 3.05) is 42.9 Å². The maximum Gasteiger partial charge on any atom is 0.317 e. The number of aromatic hydroxyl groups is 1. The van der Waals surface area contributed by atoms with Gasteiger partial charge in [-0.2, -0.15) is 0 Å². The van der Waals surface area contributed by atoms with Gasteiger partial charge in [0, 0.05) is 55.4 Å². The lowest BCUT2D eigenvalue weighted by Gasteiger charge is -2.31. The lowest BCUT2D eigenvalue weighted by atomic mass is 9.96. The standard InChI is InChI=1S/C24H27ClF2N4O3/c25-17-1-4-22(32)21(11-17)29-23(33)16-6-9-30(10-7-16)24(34)28-13-15-5-8-31(14-15)18-2-3-19(26)20(27)12-18/h1-4,11-12,15-16,32H,5-10,13-14H2,(H,28,34)(H,29,33). The number of piperidine rings is 1. The second-order valence-corrected chi connectivity index (χ2v) is 9.23. The molecule has 2 saturated heterocycles. The number of carbonyl (C=O) groups excluding carboxylic acids is 2. The van der Waals surface area contributed by atoms with Gasteiger partial charge in [0.05, 0.1) is 5.69 Å². The summed E-state index contributed by atoms with van der Waals surface area (Å²) in [4.78, 5) is 28.8. The second kappa shape index (κ2) is 10.5. The molecule has 4 rings (SSSR count). The average Bonchev–Trinajstić information content (AvgIpc) is 3.31. The minimum absolute atomic E-state index is 0.0513. The second-order valence-electron chi connectivity index (χ2n) is 8.80. The summed E-state index contributed by atoms with van der Waals surface area (Å²) < 4.78 is 26.7. The van der Waals surface area contributed by atoms with Crippen LogP contribution in [0.2, 0.25) is 5.02 Å². The largest absolute Gasteiger partial charge is 0.506 e. The smallest absolute Gasteiger partial charge is 0.317 e. The molecule has 0 radical (unpaired) electrons. The molecule has 2 aromatic carbocycles. The van der Waals surface area contributed by atoms with Crippen LogP contribution < -0.4 is 15.5 Å². The van der Waals surface area contributed by atoms with Gasteiger partial charge in [0.15, 0.2) is 11.6 Å². The van der Waals surface area contributed by atoms with Gasteiger partial charge in [0.25, 0.3) is 0 Å². The van der Waals surface area contributed by atoms with Crippen LogP contribution in [0, 0.1) is 23.5 Å². The van der Waals surface area contributed by atoms with Gasteiger partial charge in [-0.25, -0.2) is 13.6 Å². The molecular weight excluding hydrogens is 466 g/mol. The molecule has 3 amide bonds. The monoisotopic (exact) mass is 492 g/mol. The van der Waals surface area contributed by atoms with Crippen LogP contribution >= 0.6 is 11.6 Å². The average molecular weight is 493 g/mol. The lowest BCUT2D eigenvalue weighted by molar-refractivity contribution is -0.121. The highest BCUT2D eigenvalue weighted by Crippen LogP contribution is 2.28. The van der Waals surface area contributed by atoms with Gasteiger partial charge >= 0.3 is 6.03 Å². The van der Waals surface area contributed by atoms with E-state index in [-0.39, 0.29) is 35.2 Å². The topological polar surface area (TPSA) is 84.9 Å². The molecule has 1 unspecified atom stereocenters. The summed E-state index contributed by atoms with van der Waals surface area (Å²) in [6.07, 6.45) is 1.89. The van der Waals surface area contributed by atoms with Crippen LogP contribution in [0.15, 0.2) is 36.4 Å². The molecule has 2 fully saturated rings. The highest BCUT2D eigenvalue weighted by molar-refractivity contribution is 6.31. The summed E-state index contributed by atoms with van der Waals surface area (Å²) in [5.41, 5.74) is 0.908.